The van der Waals surface area contributed by atoms with Gasteiger partial charge in [-0.1, -0.05) is 12.1 Å². The van der Waals surface area contributed by atoms with Crippen LogP contribution in [-0.2, 0) is 6.54 Å². The summed E-state index contributed by atoms with van der Waals surface area (Å²) in [6.45, 7) is 3.06. The van der Waals surface area contributed by atoms with Crippen molar-refractivity contribution in [2.24, 2.45) is 0 Å². The highest BCUT2D eigenvalue weighted by molar-refractivity contribution is 7.08. The van der Waals surface area contributed by atoms with E-state index in [-0.39, 0.29) is 5.91 Å². The number of hydrogen-bond donors (Lipinski definition) is 1. The molecule has 2 aromatic heterocycles. The number of nitrogens with one attached hydrogen (secondary N) is 1. The summed E-state index contributed by atoms with van der Waals surface area (Å²) in [5.74, 6) is 0.703. The molecule has 1 aromatic carbocycles. The highest BCUT2D eigenvalue weighted by atomic mass is 32.1. The maximum atomic E-state index is 12.2. The number of thiophene rings is 1. The van der Waals surface area contributed by atoms with E-state index in [1.54, 1.807) is 23.6 Å². The Labute approximate surface area is 145 Å². The van der Waals surface area contributed by atoms with Crippen molar-refractivity contribution in [1.29, 1.82) is 0 Å². The third-order valence-corrected chi connectivity index (χ3v) is 4.21. The molecule has 0 atom stereocenters. The molecule has 3 rings (SSSR count). The number of ether oxygens (including phenoxy) is 1. The van der Waals surface area contributed by atoms with Gasteiger partial charge < -0.3 is 10.1 Å². The molecule has 4 nitrogen and oxygen atoms in total. The molecule has 0 aliphatic rings. The minimum atomic E-state index is -0.131. The second-order valence-electron chi connectivity index (χ2n) is 5.20. The number of hydrogen-bond acceptors (Lipinski definition) is 4. The lowest BCUT2D eigenvalue weighted by atomic mass is 10.1. The number of pyridine rings is 1. The number of benzene rings is 1. The van der Waals surface area contributed by atoms with Crippen LogP contribution in [0.25, 0.3) is 11.3 Å². The Kier molecular flexibility index (Phi) is 5.23. The molecule has 0 saturated carbocycles. The SMILES string of the molecule is CCOc1ccc(CNC(=O)c2ccc(-c3ccsc3)nc2)cc1. The van der Waals surface area contributed by atoms with Crippen molar-refractivity contribution < 1.29 is 9.53 Å². The molecule has 0 radical (unpaired) electrons. The number of aromatic nitrogens is 1. The van der Waals surface area contributed by atoms with Crippen LogP contribution in [0.2, 0.25) is 0 Å². The number of amides is 1. The first kappa shape index (κ1) is 16.2. The lowest BCUT2D eigenvalue weighted by Crippen LogP contribution is -2.22. The van der Waals surface area contributed by atoms with Gasteiger partial charge in [0.15, 0.2) is 0 Å². The molecule has 122 valence electrons. The van der Waals surface area contributed by atoms with Crippen molar-refractivity contribution in [3.63, 3.8) is 0 Å². The lowest BCUT2D eigenvalue weighted by Gasteiger charge is -2.07. The van der Waals surface area contributed by atoms with Crippen LogP contribution in [0.15, 0.2) is 59.4 Å². The van der Waals surface area contributed by atoms with Crippen molar-refractivity contribution in [3.05, 3.63) is 70.5 Å². The molecular formula is C19H18N2O2S. The molecule has 0 fully saturated rings. The molecule has 0 aliphatic heterocycles. The molecule has 0 bridgehead atoms. The van der Waals surface area contributed by atoms with Gasteiger partial charge in [0.25, 0.3) is 5.91 Å². The quantitative estimate of drug-likeness (QED) is 0.735. The number of carbonyl (C=O) groups excluding carboxylic acids is 1. The molecule has 0 saturated heterocycles. The van der Waals surface area contributed by atoms with E-state index in [1.807, 2.05) is 54.1 Å². The maximum Gasteiger partial charge on any atom is 0.253 e. The molecular weight excluding hydrogens is 320 g/mol. The fourth-order valence-corrected chi connectivity index (χ4v) is 2.91. The summed E-state index contributed by atoms with van der Waals surface area (Å²) in [4.78, 5) is 16.6. The van der Waals surface area contributed by atoms with Crippen LogP contribution in [0.1, 0.15) is 22.8 Å². The van der Waals surface area contributed by atoms with Crippen molar-refractivity contribution in [2.75, 3.05) is 6.61 Å². The topological polar surface area (TPSA) is 51.2 Å². The fourth-order valence-electron chi connectivity index (χ4n) is 2.26. The van der Waals surface area contributed by atoms with Gasteiger partial charge in [0.05, 0.1) is 17.9 Å². The van der Waals surface area contributed by atoms with Gasteiger partial charge in [-0.15, -0.1) is 0 Å². The van der Waals surface area contributed by atoms with E-state index in [0.717, 1.165) is 22.6 Å². The second-order valence-corrected chi connectivity index (χ2v) is 5.98. The molecule has 1 amide bonds. The van der Waals surface area contributed by atoms with E-state index in [2.05, 4.69) is 10.3 Å². The minimum Gasteiger partial charge on any atom is -0.494 e. The molecule has 0 spiro atoms. The van der Waals surface area contributed by atoms with E-state index in [9.17, 15) is 4.79 Å². The van der Waals surface area contributed by atoms with Gasteiger partial charge in [0, 0.05) is 23.7 Å². The van der Waals surface area contributed by atoms with Gasteiger partial charge in [0.1, 0.15) is 5.75 Å². The van der Waals surface area contributed by atoms with Gasteiger partial charge in [-0.3, -0.25) is 9.78 Å². The zero-order valence-electron chi connectivity index (χ0n) is 13.4. The van der Waals surface area contributed by atoms with Crippen molar-refractivity contribution in [2.45, 2.75) is 13.5 Å². The number of carbonyl (C=O) groups is 1. The minimum absolute atomic E-state index is 0.131. The molecule has 24 heavy (non-hydrogen) atoms. The lowest BCUT2D eigenvalue weighted by molar-refractivity contribution is 0.0950. The zero-order chi connectivity index (χ0) is 16.8. The summed E-state index contributed by atoms with van der Waals surface area (Å²) in [5, 5.41) is 6.95. The molecule has 0 unspecified atom stereocenters. The third-order valence-electron chi connectivity index (χ3n) is 3.53. The first-order valence-electron chi connectivity index (χ1n) is 7.75. The molecule has 2 heterocycles. The van der Waals surface area contributed by atoms with Crippen LogP contribution in [0.5, 0.6) is 5.75 Å². The van der Waals surface area contributed by atoms with Gasteiger partial charge in [-0.05, 0) is 48.2 Å². The van der Waals surface area contributed by atoms with Crippen LogP contribution in [0.3, 0.4) is 0 Å². The normalized spacial score (nSPS) is 10.4. The summed E-state index contributed by atoms with van der Waals surface area (Å²) in [6, 6.07) is 13.4. The Hall–Kier alpha value is -2.66. The average Bonchev–Trinajstić information content (AvgIpc) is 3.16. The Morgan fingerprint density at radius 3 is 2.62 bits per heavy atom. The molecule has 3 aromatic rings. The molecule has 0 aliphatic carbocycles. The Morgan fingerprint density at radius 2 is 2.00 bits per heavy atom. The predicted molar refractivity (Wildman–Crippen MR) is 96.3 cm³/mol. The smallest absolute Gasteiger partial charge is 0.253 e. The average molecular weight is 338 g/mol. The first-order chi connectivity index (χ1) is 11.8. The highest BCUT2D eigenvalue weighted by Gasteiger charge is 2.07. The summed E-state index contributed by atoms with van der Waals surface area (Å²) in [5.41, 5.74) is 3.52. The van der Waals surface area contributed by atoms with Crippen LogP contribution in [0, 0.1) is 0 Å². The van der Waals surface area contributed by atoms with Crippen molar-refractivity contribution in [3.8, 4) is 17.0 Å². The van der Waals surface area contributed by atoms with E-state index in [1.165, 1.54) is 0 Å². The van der Waals surface area contributed by atoms with Crippen LogP contribution in [0.4, 0.5) is 0 Å². The zero-order valence-corrected chi connectivity index (χ0v) is 14.2. The summed E-state index contributed by atoms with van der Waals surface area (Å²) in [6.07, 6.45) is 1.61. The summed E-state index contributed by atoms with van der Waals surface area (Å²) < 4.78 is 5.40. The third kappa shape index (κ3) is 4.00. The number of nitrogens with zero attached hydrogens (tertiary/aromatic N) is 1. The Morgan fingerprint density at radius 1 is 1.17 bits per heavy atom. The maximum absolute atomic E-state index is 12.2. The summed E-state index contributed by atoms with van der Waals surface area (Å²) in [7, 11) is 0. The fraction of sp³-hybridized carbons (Fsp3) is 0.158. The van der Waals surface area contributed by atoms with Gasteiger partial charge in [0.2, 0.25) is 0 Å². The highest BCUT2D eigenvalue weighted by Crippen LogP contribution is 2.19. The Balaban J connectivity index is 1.58. The summed E-state index contributed by atoms with van der Waals surface area (Å²) >= 11 is 1.63. The predicted octanol–water partition coefficient (Wildman–Crippen LogP) is 4.14. The standard InChI is InChI=1S/C19H18N2O2S/c1-2-23-17-6-3-14(4-7-17)11-21-19(22)15-5-8-18(20-12-15)16-9-10-24-13-16/h3-10,12-13H,2,11H2,1H3,(H,21,22). The number of rotatable bonds is 6. The van der Waals surface area contributed by atoms with E-state index >= 15 is 0 Å². The van der Waals surface area contributed by atoms with Crippen molar-refractivity contribution in [1.82, 2.24) is 10.3 Å². The van der Waals surface area contributed by atoms with Gasteiger partial charge in [-0.2, -0.15) is 11.3 Å². The monoisotopic (exact) mass is 338 g/mol. The van der Waals surface area contributed by atoms with Gasteiger partial charge in [-0.25, -0.2) is 0 Å². The van der Waals surface area contributed by atoms with Crippen LogP contribution in [-0.4, -0.2) is 17.5 Å². The van der Waals surface area contributed by atoms with E-state index in [4.69, 9.17) is 4.74 Å². The van der Waals surface area contributed by atoms with Gasteiger partial charge >= 0.3 is 0 Å². The van der Waals surface area contributed by atoms with Crippen LogP contribution < -0.4 is 10.1 Å². The van der Waals surface area contributed by atoms with Crippen molar-refractivity contribution >= 4 is 17.2 Å². The molecule has 5 heteroatoms. The molecule has 1 N–H and O–H groups in total. The largest absolute Gasteiger partial charge is 0.494 e. The Bertz CT molecular complexity index is 781. The van der Waals surface area contributed by atoms with Crippen LogP contribution >= 0.6 is 11.3 Å². The van der Waals surface area contributed by atoms with E-state index in [0.29, 0.717) is 18.7 Å². The van der Waals surface area contributed by atoms with E-state index < -0.39 is 0 Å². The first-order valence-corrected chi connectivity index (χ1v) is 8.69. The second kappa shape index (κ2) is 7.75.